The first kappa shape index (κ1) is 13.9. The van der Waals surface area contributed by atoms with Crippen molar-refractivity contribution in [2.24, 2.45) is 0 Å². The van der Waals surface area contributed by atoms with Crippen molar-refractivity contribution in [3.8, 4) is 0 Å². The number of hydrogen-bond acceptors (Lipinski definition) is 4. The van der Waals surface area contributed by atoms with Crippen LogP contribution in [0.15, 0.2) is 0 Å². The van der Waals surface area contributed by atoms with E-state index in [-0.39, 0.29) is 6.10 Å². The molecule has 1 rings (SSSR count). The predicted octanol–water partition coefficient (Wildman–Crippen LogP) is 0.933. The van der Waals surface area contributed by atoms with Gasteiger partial charge < -0.3 is 19.9 Å². The molecular weight excluding hydrogens is 206 g/mol. The summed E-state index contributed by atoms with van der Waals surface area (Å²) in [7, 11) is 1.61. The molecule has 2 unspecified atom stereocenters. The topological polar surface area (TPSA) is 50.7 Å². The Morgan fingerprint density at radius 2 is 2.38 bits per heavy atom. The number of aliphatic hydroxyl groups is 1. The molecule has 4 heteroatoms. The number of ether oxygens (including phenoxy) is 2. The van der Waals surface area contributed by atoms with Crippen LogP contribution < -0.4 is 5.32 Å². The lowest BCUT2D eigenvalue weighted by Gasteiger charge is -2.11. The third-order valence-electron chi connectivity index (χ3n) is 2.92. The van der Waals surface area contributed by atoms with Crippen LogP contribution in [0.5, 0.6) is 0 Å². The van der Waals surface area contributed by atoms with Crippen molar-refractivity contribution in [3.05, 3.63) is 0 Å². The van der Waals surface area contributed by atoms with Gasteiger partial charge in [-0.15, -0.1) is 0 Å². The van der Waals surface area contributed by atoms with Gasteiger partial charge in [0.1, 0.15) is 0 Å². The lowest BCUT2D eigenvalue weighted by atomic mass is 10.1. The molecule has 0 aromatic heterocycles. The fourth-order valence-corrected chi connectivity index (χ4v) is 2.00. The molecule has 2 atom stereocenters. The average Bonchev–Trinajstić information content (AvgIpc) is 2.76. The highest BCUT2D eigenvalue weighted by molar-refractivity contribution is 4.65. The Kier molecular flexibility index (Phi) is 7.76. The Bertz CT molecular complexity index is 160. The molecule has 1 heterocycles. The molecule has 2 N–H and O–H groups in total. The number of methoxy groups -OCH3 is 1. The highest BCUT2D eigenvalue weighted by Crippen LogP contribution is 2.16. The molecule has 0 spiro atoms. The molecule has 1 saturated heterocycles. The van der Waals surface area contributed by atoms with Gasteiger partial charge in [0.15, 0.2) is 0 Å². The van der Waals surface area contributed by atoms with Crippen molar-refractivity contribution in [1.82, 2.24) is 5.32 Å². The molecule has 1 fully saturated rings. The summed E-state index contributed by atoms with van der Waals surface area (Å²) >= 11 is 0. The molecule has 0 radical (unpaired) electrons. The number of aliphatic hydroxyl groups excluding tert-OH is 1. The van der Waals surface area contributed by atoms with Crippen LogP contribution in [0.2, 0.25) is 0 Å². The van der Waals surface area contributed by atoms with E-state index in [0.29, 0.717) is 12.7 Å². The summed E-state index contributed by atoms with van der Waals surface area (Å²) in [5, 5.41) is 12.7. The third-order valence-corrected chi connectivity index (χ3v) is 2.92. The van der Waals surface area contributed by atoms with E-state index in [0.717, 1.165) is 39.0 Å². The summed E-state index contributed by atoms with van der Waals surface area (Å²) < 4.78 is 10.4. The van der Waals surface area contributed by atoms with E-state index < -0.39 is 0 Å². The molecule has 4 nitrogen and oxygen atoms in total. The fraction of sp³-hybridized carbons (Fsp3) is 1.00. The van der Waals surface area contributed by atoms with Crippen LogP contribution in [0.25, 0.3) is 0 Å². The van der Waals surface area contributed by atoms with Crippen LogP contribution in [0.1, 0.15) is 32.1 Å². The molecular formula is C12H25NO3. The molecule has 1 aliphatic rings. The average molecular weight is 231 g/mol. The number of rotatable bonds is 9. The van der Waals surface area contributed by atoms with Gasteiger partial charge in [0, 0.05) is 13.7 Å². The van der Waals surface area contributed by atoms with Crippen LogP contribution >= 0.6 is 0 Å². The maximum atomic E-state index is 9.39. The second-order valence-corrected chi connectivity index (χ2v) is 4.43. The van der Waals surface area contributed by atoms with Crippen LogP contribution in [-0.4, -0.2) is 50.7 Å². The summed E-state index contributed by atoms with van der Waals surface area (Å²) in [5.74, 6) is 0. The highest BCUT2D eigenvalue weighted by atomic mass is 16.5. The van der Waals surface area contributed by atoms with Crippen molar-refractivity contribution < 1.29 is 14.6 Å². The van der Waals surface area contributed by atoms with Gasteiger partial charge in [-0.25, -0.2) is 0 Å². The fourth-order valence-electron chi connectivity index (χ4n) is 2.00. The smallest absolute Gasteiger partial charge is 0.0785 e. The first-order valence-electron chi connectivity index (χ1n) is 6.32. The summed E-state index contributed by atoms with van der Waals surface area (Å²) in [6.45, 7) is 3.24. The van der Waals surface area contributed by atoms with E-state index in [2.05, 4.69) is 5.32 Å². The minimum absolute atomic E-state index is 0.337. The highest BCUT2D eigenvalue weighted by Gasteiger charge is 2.14. The van der Waals surface area contributed by atoms with Crippen molar-refractivity contribution in [1.29, 1.82) is 0 Å². The van der Waals surface area contributed by atoms with Gasteiger partial charge in [0.05, 0.1) is 18.8 Å². The number of nitrogens with one attached hydrogen (secondary N) is 1. The first-order valence-corrected chi connectivity index (χ1v) is 6.32. The molecule has 0 aromatic rings. The lowest BCUT2D eigenvalue weighted by molar-refractivity contribution is 0.0593. The monoisotopic (exact) mass is 231 g/mol. The Morgan fingerprint density at radius 1 is 1.50 bits per heavy atom. The van der Waals surface area contributed by atoms with Gasteiger partial charge in [-0.05, 0) is 45.2 Å². The SMILES string of the molecule is COCC(O)CCNCCCC1CCCO1. The van der Waals surface area contributed by atoms with E-state index in [1.165, 1.54) is 12.8 Å². The Morgan fingerprint density at radius 3 is 3.06 bits per heavy atom. The molecule has 96 valence electrons. The van der Waals surface area contributed by atoms with Crippen LogP contribution in [-0.2, 0) is 9.47 Å². The van der Waals surface area contributed by atoms with Gasteiger partial charge >= 0.3 is 0 Å². The van der Waals surface area contributed by atoms with Gasteiger partial charge in [-0.3, -0.25) is 0 Å². The van der Waals surface area contributed by atoms with Crippen molar-refractivity contribution in [2.75, 3.05) is 33.4 Å². The molecule has 1 aliphatic heterocycles. The van der Waals surface area contributed by atoms with Gasteiger partial charge in [-0.2, -0.15) is 0 Å². The zero-order chi connectivity index (χ0) is 11.6. The molecule has 0 aromatic carbocycles. The minimum atomic E-state index is -0.337. The van der Waals surface area contributed by atoms with Crippen molar-refractivity contribution in [2.45, 2.75) is 44.3 Å². The van der Waals surface area contributed by atoms with E-state index >= 15 is 0 Å². The molecule has 0 amide bonds. The minimum Gasteiger partial charge on any atom is -0.391 e. The maximum Gasteiger partial charge on any atom is 0.0785 e. The third kappa shape index (κ3) is 6.43. The quantitative estimate of drug-likeness (QED) is 0.580. The lowest BCUT2D eigenvalue weighted by Crippen LogP contribution is -2.24. The largest absolute Gasteiger partial charge is 0.391 e. The summed E-state index contributed by atoms with van der Waals surface area (Å²) in [5.41, 5.74) is 0. The van der Waals surface area contributed by atoms with Crippen molar-refractivity contribution in [3.63, 3.8) is 0 Å². The summed E-state index contributed by atoms with van der Waals surface area (Å²) in [6.07, 6.45) is 5.69. The van der Waals surface area contributed by atoms with Crippen LogP contribution in [0.3, 0.4) is 0 Å². The number of hydrogen-bond donors (Lipinski definition) is 2. The van der Waals surface area contributed by atoms with E-state index in [1.54, 1.807) is 7.11 Å². The standard InChI is InChI=1S/C12H25NO3/c1-15-10-11(14)6-8-13-7-2-4-12-5-3-9-16-12/h11-14H,2-10H2,1H3. The Balaban J connectivity index is 1.80. The van der Waals surface area contributed by atoms with Crippen molar-refractivity contribution >= 4 is 0 Å². The normalized spacial score (nSPS) is 22.5. The zero-order valence-corrected chi connectivity index (χ0v) is 10.3. The second-order valence-electron chi connectivity index (χ2n) is 4.43. The Labute approximate surface area is 98.3 Å². The van der Waals surface area contributed by atoms with Crippen LogP contribution in [0.4, 0.5) is 0 Å². The van der Waals surface area contributed by atoms with E-state index in [4.69, 9.17) is 9.47 Å². The van der Waals surface area contributed by atoms with E-state index in [9.17, 15) is 5.11 Å². The molecule has 0 aliphatic carbocycles. The molecule has 16 heavy (non-hydrogen) atoms. The Hall–Kier alpha value is -0.160. The summed E-state index contributed by atoms with van der Waals surface area (Å²) in [4.78, 5) is 0. The molecule has 0 saturated carbocycles. The zero-order valence-electron chi connectivity index (χ0n) is 10.3. The second kappa shape index (κ2) is 8.93. The van der Waals surface area contributed by atoms with E-state index in [1.807, 2.05) is 0 Å². The first-order chi connectivity index (χ1) is 7.83. The van der Waals surface area contributed by atoms with Gasteiger partial charge in [0.2, 0.25) is 0 Å². The molecule has 0 bridgehead atoms. The van der Waals surface area contributed by atoms with Gasteiger partial charge in [0.25, 0.3) is 0 Å². The van der Waals surface area contributed by atoms with Crippen LogP contribution in [0, 0.1) is 0 Å². The summed E-state index contributed by atoms with van der Waals surface area (Å²) in [6, 6.07) is 0. The van der Waals surface area contributed by atoms with Gasteiger partial charge in [-0.1, -0.05) is 0 Å². The predicted molar refractivity (Wildman–Crippen MR) is 63.6 cm³/mol. The maximum absolute atomic E-state index is 9.39.